The van der Waals surface area contributed by atoms with Crippen LogP contribution in [0.4, 0.5) is 0 Å². The molecule has 1 nitrogen and oxygen atoms in total. The van der Waals surface area contributed by atoms with Crippen LogP contribution in [0.3, 0.4) is 0 Å². The van der Waals surface area contributed by atoms with Gasteiger partial charge in [0.15, 0.2) is 0 Å². The molecule has 0 bridgehead atoms. The van der Waals surface area contributed by atoms with Crippen LogP contribution < -0.4 is 0 Å². The van der Waals surface area contributed by atoms with E-state index in [4.69, 9.17) is 4.74 Å². The van der Waals surface area contributed by atoms with Crippen molar-refractivity contribution in [3.63, 3.8) is 0 Å². The first-order valence-corrected chi connectivity index (χ1v) is 8.67. The van der Waals surface area contributed by atoms with Crippen LogP contribution in [0.2, 0.25) is 0 Å². The van der Waals surface area contributed by atoms with Gasteiger partial charge in [-0.05, 0) is 13.3 Å². The maximum atomic E-state index is 5.15. The first-order chi connectivity index (χ1) is 9.31. The second kappa shape index (κ2) is 16.0. The Labute approximate surface area is 122 Å². The number of rotatable bonds is 15. The topological polar surface area (TPSA) is 9.23 Å². The second-order valence-electron chi connectivity index (χ2n) is 5.89. The molecule has 0 heterocycles. The van der Waals surface area contributed by atoms with Crippen molar-refractivity contribution >= 4 is 0 Å². The molecule has 1 unspecified atom stereocenters. The minimum absolute atomic E-state index is 0.202. The molecule has 1 heteroatoms. The van der Waals surface area contributed by atoms with Crippen LogP contribution in [0, 0.1) is 6.92 Å². The van der Waals surface area contributed by atoms with Crippen molar-refractivity contribution in [1.29, 1.82) is 0 Å². The highest BCUT2D eigenvalue weighted by molar-refractivity contribution is 4.59. The molecule has 115 valence electrons. The van der Waals surface area contributed by atoms with Gasteiger partial charge in [-0.3, -0.25) is 0 Å². The van der Waals surface area contributed by atoms with E-state index in [1.165, 1.54) is 83.5 Å². The SMILES string of the molecule is [CH2]C(CCCCCCCCCCCCCCC)OC. The summed E-state index contributed by atoms with van der Waals surface area (Å²) in [6.45, 7) is 6.21. The quantitative estimate of drug-likeness (QED) is 0.316. The van der Waals surface area contributed by atoms with Crippen molar-refractivity contribution < 1.29 is 4.74 Å². The summed E-state index contributed by atoms with van der Waals surface area (Å²) in [5.41, 5.74) is 0. The summed E-state index contributed by atoms with van der Waals surface area (Å²) in [5, 5.41) is 0. The highest BCUT2D eigenvalue weighted by Gasteiger charge is 1.98. The molecule has 0 aromatic heterocycles. The van der Waals surface area contributed by atoms with Gasteiger partial charge in [-0.25, -0.2) is 0 Å². The fraction of sp³-hybridized carbons (Fsp3) is 0.944. The zero-order valence-electron chi connectivity index (χ0n) is 13.6. The third-order valence-electron chi connectivity index (χ3n) is 3.96. The maximum absolute atomic E-state index is 5.15. The fourth-order valence-electron chi connectivity index (χ4n) is 2.51. The lowest BCUT2D eigenvalue weighted by Crippen LogP contribution is -2.04. The molecule has 1 radical (unpaired) electrons. The number of ether oxygens (including phenoxy) is 1. The van der Waals surface area contributed by atoms with Crippen molar-refractivity contribution in [3.05, 3.63) is 6.92 Å². The maximum Gasteiger partial charge on any atom is 0.0572 e. The van der Waals surface area contributed by atoms with E-state index in [9.17, 15) is 0 Å². The molecule has 0 aliphatic heterocycles. The summed E-state index contributed by atoms with van der Waals surface area (Å²) in [6, 6.07) is 0. The predicted octanol–water partition coefficient (Wildman–Crippen LogP) is 6.32. The van der Waals surface area contributed by atoms with Crippen LogP contribution in [-0.2, 0) is 4.74 Å². The van der Waals surface area contributed by atoms with E-state index in [2.05, 4.69) is 13.8 Å². The lowest BCUT2D eigenvalue weighted by Gasteiger charge is -2.08. The number of hydrogen-bond acceptors (Lipinski definition) is 1. The molecule has 0 amide bonds. The lowest BCUT2D eigenvalue weighted by atomic mass is 10.0. The van der Waals surface area contributed by atoms with E-state index in [0.29, 0.717) is 0 Å². The molecule has 1 atom stereocenters. The summed E-state index contributed by atoms with van der Waals surface area (Å²) >= 11 is 0. The molecule has 0 rings (SSSR count). The fourth-order valence-corrected chi connectivity index (χ4v) is 2.51. The molecule has 0 aliphatic carbocycles. The Hall–Kier alpha value is -0.0400. The number of methoxy groups -OCH3 is 1. The largest absolute Gasteiger partial charge is 0.381 e. The van der Waals surface area contributed by atoms with E-state index in [1.807, 2.05) is 0 Å². The Bertz CT molecular complexity index is 156. The summed E-state index contributed by atoms with van der Waals surface area (Å²) in [7, 11) is 1.75. The average Bonchev–Trinajstić information content (AvgIpc) is 2.43. The monoisotopic (exact) mass is 269 g/mol. The van der Waals surface area contributed by atoms with Crippen LogP contribution in [0.1, 0.15) is 96.8 Å². The van der Waals surface area contributed by atoms with Gasteiger partial charge in [0.05, 0.1) is 6.10 Å². The van der Waals surface area contributed by atoms with E-state index in [1.54, 1.807) is 7.11 Å². The van der Waals surface area contributed by atoms with Gasteiger partial charge in [0.25, 0.3) is 0 Å². The van der Waals surface area contributed by atoms with Crippen LogP contribution in [-0.4, -0.2) is 13.2 Å². The third-order valence-corrected chi connectivity index (χ3v) is 3.96. The normalized spacial score (nSPS) is 12.8. The molecule has 19 heavy (non-hydrogen) atoms. The Morgan fingerprint density at radius 2 is 1.05 bits per heavy atom. The van der Waals surface area contributed by atoms with E-state index in [0.717, 1.165) is 6.42 Å². The molecule has 0 spiro atoms. The minimum Gasteiger partial charge on any atom is -0.381 e. The number of hydrogen-bond donors (Lipinski definition) is 0. The smallest absolute Gasteiger partial charge is 0.0572 e. The third kappa shape index (κ3) is 15.9. The lowest BCUT2D eigenvalue weighted by molar-refractivity contribution is 0.128. The highest BCUT2D eigenvalue weighted by atomic mass is 16.5. The highest BCUT2D eigenvalue weighted by Crippen LogP contribution is 2.13. The van der Waals surface area contributed by atoms with Gasteiger partial charge in [-0.1, -0.05) is 90.4 Å². The molecular formula is C18H37O. The van der Waals surface area contributed by atoms with Crippen molar-refractivity contribution in [2.45, 2.75) is 103 Å². The summed E-state index contributed by atoms with van der Waals surface area (Å²) in [4.78, 5) is 0. The molecule has 0 aliphatic rings. The van der Waals surface area contributed by atoms with Gasteiger partial charge >= 0.3 is 0 Å². The summed E-state index contributed by atoms with van der Waals surface area (Å²) < 4.78 is 5.15. The van der Waals surface area contributed by atoms with Crippen molar-refractivity contribution in [2.75, 3.05) is 7.11 Å². The zero-order valence-corrected chi connectivity index (χ0v) is 13.6. The zero-order chi connectivity index (χ0) is 14.2. The molecule has 0 fully saturated rings. The van der Waals surface area contributed by atoms with Crippen LogP contribution in [0.15, 0.2) is 0 Å². The van der Waals surface area contributed by atoms with E-state index >= 15 is 0 Å². The standard InChI is InChI=1S/C18H37O/c1-4-5-6-7-8-9-10-11-12-13-14-15-16-17-18(2)19-3/h18H,2,4-17H2,1,3H3. The Morgan fingerprint density at radius 3 is 1.42 bits per heavy atom. The van der Waals surface area contributed by atoms with Crippen molar-refractivity contribution in [3.8, 4) is 0 Å². The first-order valence-electron chi connectivity index (χ1n) is 8.67. The minimum atomic E-state index is 0.202. The second-order valence-corrected chi connectivity index (χ2v) is 5.89. The van der Waals surface area contributed by atoms with Crippen molar-refractivity contribution in [1.82, 2.24) is 0 Å². The Kier molecular flexibility index (Phi) is 16.0. The first kappa shape index (κ1) is 19.0. The Morgan fingerprint density at radius 1 is 0.684 bits per heavy atom. The number of unbranched alkanes of at least 4 members (excludes halogenated alkanes) is 12. The van der Waals surface area contributed by atoms with Crippen molar-refractivity contribution in [2.24, 2.45) is 0 Å². The van der Waals surface area contributed by atoms with Crippen LogP contribution >= 0.6 is 0 Å². The summed E-state index contributed by atoms with van der Waals surface area (Å²) in [5.74, 6) is 0. The van der Waals surface area contributed by atoms with E-state index < -0.39 is 0 Å². The van der Waals surface area contributed by atoms with Gasteiger partial charge < -0.3 is 4.74 Å². The van der Waals surface area contributed by atoms with Gasteiger partial charge in [-0.15, -0.1) is 0 Å². The molecule has 0 saturated carbocycles. The van der Waals surface area contributed by atoms with Gasteiger partial charge in [-0.2, -0.15) is 0 Å². The van der Waals surface area contributed by atoms with Crippen LogP contribution in [0.25, 0.3) is 0 Å². The van der Waals surface area contributed by atoms with Gasteiger partial charge in [0, 0.05) is 7.11 Å². The average molecular weight is 269 g/mol. The van der Waals surface area contributed by atoms with E-state index in [-0.39, 0.29) is 6.10 Å². The molecule has 0 aromatic carbocycles. The molecule has 0 aromatic rings. The predicted molar refractivity (Wildman–Crippen MR) is 86.5 cm³/mol. The molecular weight excluding hydrogens is 232 g/mol. The molecule has 0 saturated heterocycles. The van der Waals surface area contributed by atoms with Crippen LogP contribution in [0.5, 0.6) is 0 Å². The van der Waals surface area contributed by atoms with Gasteiger partial charge in [0.1, 0.15) is 0 Å². The summed E-state index contributed by atoms with van der Waals surface area (Å²) in [6.07, 6.45) is 19.7. The molecule has 0 N–H and O–H groups in total. The van der Waals surface area contributed by atoms with Gasteiger partial charge in [0.2, 0.25) is 0 Å². The Balaban J connectivity index is 2.95.